The molecule has 1 aromatic heterocycles. The Morgan fingerprint density at radius 2 is 1.86 bits per heavy atom. The minimum Gasteiger partial charge on any atom is -0.351 e. The Kier molecular flexibility index (Phi) is 8.20. The molecule has 2 aromatic rings. The fourth-order valence-electron chi connectivity index (χ4n) is 2.48. The van der Waals surface area contributed by atoms with Gasteiger partial charge in [0.25, 0.3) is 5.91 Å². The van der Waals surface area contributed by atoms with E-state index in [1.807, 2.05) is 6.92 Å². The molecule has 0 aliphatic rings. The average Bonchev–Trinajstić information content (AvgIpc) is 3.23. The van der Waals surface area contributed by atoms with E-state index in [2.05, 4.69) is 10.6 Å². The molecule has 10 heteroatoms. The second kappa shape index (κ2) is 10.6. The van der Waals surface area contributed by atoms with Crippen molar-refractivity contribution in [1.29, 1.82) is 0 Å². The van der Waals surface area contributed by atoms with E-state index >= 15 is 0 Å². The molecular formula is C19H20F3N3O3S. The number of hydrogen-bond acceptors (Lipinski definition) is 4. The number of anilines is 1. The number of halogens is 3. The molecule has 156 valence electrons. The van der Waals surface area contributed by atoms with E-state index < -0.39 is 29.0 Å². The van der Waals surface area contributed by atoms with Crippen LogP contribution >= 0.6 is 11.3 Å². The van der Waals surface area contributed by atoms with Crippen LogP contribution in [0.5, 0.6) is 0 Å². The largest absolute Gasteiger partial charge is 0.351 e. The molecule has 0 bridgehead atoms. The quantitative estimate of drug-likeness (QED) is 0.604. The van der Waals surface area contributed by atoms with Crippen molar-refractivity contribution in [3.63, 3.8) is 0 Å². The smallest absolute Gasteiger partial charge is 0.252 e. The standard InChI is InChI=1S/C19H20F3N3O3S/c1-2-8-25(16(27)5-7-23-19(28)12-6-9-29-11-12)10-15(26)24-14-4-3-13(20)17(21)18(14)22/h3-4,6,9,11H,2,5,7-8,10H2,1H3,(H,23,28)(H,24,26). The molecule has 1 heterocycles. The van der Waals surface area contributed by atoms with Crippen LogP contribution in [0.3, 0.4) is 0 Å². The Balaban J connectivity index is 1.89. The van der Waals surface area contributed by atoms with E-state index in [4.69, 9.17) is 0 Å². The van der Waals surface area contributed by atoms with Gasteiger partial charge < -0.3 is 15.5 Å². The molecule has 2 rings (SSSR count). The Hall–Kier alpha value is -2.88. The number of rotatable bonds is 9. The number of nitrogens with one attached hydrogen (secondary N) is 2. The van der Waals surface area contributed by atoms with Crippen LogP contribution in [0.15, 0.2) is 29.0 Å². The van der Waals surface area contributed by atoms with Crippen molar-refractivity contribution in [2.75, 3.05) is 25.0 Å². The molecule has 2 N–H and O–H groups in total. The third-order valence-electron chi connectivity index (χ3n) is 3.90. The Morgan fingerprint density at radius 1 is 1.10 bits per heavy atom. The lowest BCUT2D eigenvalue weighted by Crippen LogP contribution is -2.40. The number of amides is 3. The number of hydrogen-bond donors (Lipinski definition) is 2. The first-order chi connectivity index (χ1) is 13.8. The molecule has 0 saturated carbocycles. The highest BCUT2D eigenvalue weighted by molar-refractivity contribution is 7.08. The van der Waals surface area contributed by atoms with E-state index in [0.29, 0.717) is 18.1 Å². The maximum absolute atomic E-state index is 13.7. The van der Waals surface area contributed by atoms with E-state index in [9.17, 15) is 27.6 Å². The molecule has 0 aliphatic heterocycles. The number of thiophene rings is 1. The van der Waals surface area contributed by atoms with Crippen LogP contribution in [0.2, 0.25) is 0 Å². The van der Waals surface area contributed by atoms with Crippen molar-refractivity contribution in [2.24, 2.45) is 0 Å². The van der Waals surface area contributed by atoms with Gasteiger partial charge in [0.2, 0.25) is 11.8 Å². The summed E-state index contributed by atoms with van der Waals surface area (Å²) in [5, 5.41) is 8.19. The van der Waals surface area contributed by atoms with Crippen molar-refractivity contribution < 1.29 is 27.6 Å². The summed E-state index contributed by atoms with van der Waals surface area (Å²) in [7, 11) is 0. The number of carbonyl (C=O) groups excluding carboxylic acids is 3. The zero-order valence-corrected chi connectivity index (χ0v) is 16.5. The lowest BCUT2D eigenvalue weighted by molar-refractivity contribution is -0.134. The first-order valence-corrected chi connectivity index (χ1v) is 9.79. The lowest BCUT2D eigenvalue weighted by Gasteiger charge is -2.22. The highest BCUT2D eigenvalue weighted by Crippen LogP contribution is 2.19. The van der Waals surface area contributed by atoms with Crippen LogP contribution in [0, 0.1) is 17.5 Å². The second-order valence-electron chi connectivity index (χ2n) is 6.10. The number of nitrogens with zero attached hydrogens (tertiary/aromatic N) is 1. The Bertz CT molecular complexity index is 875. The average molecular weight is 427 g/mol. The van der Waals surface area contributed by atoms with Crippen LogP contribution in [-0.2, 0) is 9.59 Å². The van der Waals surface area contributed by atoms with Gasteiger partial charge in [-0.3, -0.25) is 14.4 Å². The van der Waals surface area contributed by atoms with Gasteiger partial charge in [0.05, 0.1) is 12.2 Å². The monoisotopic (exact) mass is 427 g/mol. The molecule has 0 saturated heterocycles. The highest BCUT2D eigenvalue weighted by atomic mass is 32.1. The van der Waals surface area contributed by atoms with Gasteiger partial charge in [-0.1, -0.05) is 6.92 Å². The summed E-state index contributed by atoms with van der Waals surface area (Å²) in [6.07, 6.45) is 0.544. The van der Waals surface area contributed by atoms with Crippen LogP contribution in [0.25, 0.3) is 0 Å². The second-order valence-corrected chi connectivity index (χ2v) is 6.88. The molecule has 0 radical (unpaired) electrons. The Labute approximate surface area is 169 Å². The summed E-state index contributed by atoms with van der Waals surface area (Å²) < 4.78 is 39.9. The normalized spacial score (nSPS) is 10.5. The summed E-state index contributed by atoms with van der Waals surface area (Å²) in [4.78, 5) is 37.6. The summed E-state index contributed by atoms with van der Waals surface area (Å²) >= 11 is 1.38. The first-order valence-electron chi connectivity index (χ1n) is 8.85. The number of benzene rings is 1. The third kappa shape index (κ3) is 6.31. The van der Waals surface area contributed by atoms with E-state index in [1.54, 1.807) is 16.8 Å². The minimum atomic E-state index is -1.69. The zero-order chi connectivity index (χ0) is 21.4. The minimum absolute atomic E-state index is 0.0251. The lowest BCUT2D eigenvalue weighted by atomic mass is 10.2. The molecule has 3 amide bonds. The molecule has 0 atom stereocenters. The van der Waals surface area contributed by atoms with E-state index in [1.165, 1.54) is 16.2 Å². The van der Waals surface area contributed by atoms with Gasteiger partial charge in [0, 0.05) is 30.5 Å². The molecule has 0 spiro atoms. The molecule has 29 heavy (non-hydrogen) atoms. The van der Waals surface area contributed by atoms with Gasteiger partial charge in [-0.15, -0.1) is 0 Å². The van der Waals surface area contributed by atoms with Gasteiger partial charge in [-0.2, -0.15) is 11.3 Å². The van der Waals surface area contributed by atoms with Crippen LogP contribution in [0.1, 0.15) is 30.1 Å². The van der Waals surface area contributed by atoms with E-state index in [0.717, 1.165) is 6.07 Å². The maximum atomic E-state index is 13.7. The topological polar surface area (TPSA) is 78.5 Å². The van der Waals surface area contributed by atoms with Crippen LogP contribution in [-0.4, -0.2) is 42.3 Å². The van der Waals surface area contributed by atoms with Gasteiger partial charge in [-0.05, 0) is 30.0 Å². The van der Waals surface area contributed by atoms with Crippen LogP contribution in [0.4, 0.5) is 18.9 Å². The van der Waals surface area contributed by atoms with Crippen molar-refractivity contribution in [3.8, 4) is 0 Å². The van der Waals surface area contributed by atoms with Gasteiger partial charge in [-0.25, -0.2) is 13.2 Å². The zero-order valence-electron chi connectivity index (χ0n) is 15.6. The fourth-order valence-corrected chi connectivity index (χ4v) is 3.12. The molecule has 6 nitrogen and oxygen atoms in total. The summed E-state index contributed by atoms with van der Waals surface area (Å²) in [6, 6.07) is 3.25. The predicted molar refractivity (Wildman–Crippen MR) is 103 cm³/mol. The molecule has 0 unspecified atom stereocenters. The summed E-state index contributed by atoms with van der Waals surface area (Å²) in [5.74, 6) is -5.99. The third-order valence-corrected chi connectivity index (χ3v) is 4.58. The van der Waals surface area contributed by atoms with Crippen molar-refractivity contribution in [2.45, 2.75) is 19.8 Å². The van der Waals surface area contributed by atoms with Gasteiger partial charge in [0.15, 0.2) is 17.5 Å². The first kappa shape index (κ1) is 22.4. The maximum Gasteiger partial charge on any atom is 0.252 e. The molecule has 0 fully saturated rings. The number of carbonyl (C=O) groups is 3. The molecular weight excluding hydrogens is 407 g/mol. The highest BCUT2D eigenvalue weighted by Gasteiger charge is 2.19. The molecule has 0 aliphatic carbocycles. The van der Waals surface area contributed by atoms with Gasteiger partial charge >= 0.3 is 0 Å². The molecule has 1 aromatic carbocycles. The SMILES string of the molecule is CCCN(CC(=O)Nc1ccc(F)c(F)c1F)C(=O)CCNC(=O)c1ccsc1. The van der Waals surface area contributed by atoms with Crippen molar-refractivity contribution in [3.05, 3.63) is 52.0 Å². The van der Waals surface area contributed by atoms with E-state index in [-0.39, 0.29) is 37.9 Å². The summed E-state index contributed by atoms with van der Waals surface area (Å²) in [6.45, 7) is 1.78. The van der Waals surface area contributed by atoms with Crippen molar-refractivity contribution >= 4 is 34.7 Å². The van der Waals surface area contributed by atoms with Gasteiger partial charge in [0.1, 0.15) is 0 Å². The van der Waals surface area contributed by atoms with Crippen molar-refractivity contribution in [1.82, 2.24) is 10.2 Å². The Morgan fingerprint density at radius 3 is 2.52 bits per heavy atom. The fraction of sp³-hybridized carbons (Fsp3) is 0.316. The van der Waals surface area contributed by atoms with Crippen LogP contribution < -0.4 is 10.6 Å². The summed E-state index contributed by atoms with van der Waals surface area (Å²) in [5.41, 5.74) is -0.0124. The predicted octanol–water partition coefficient (Wildman–Crippen LogP) is 3.16.